The molecule has 0 aliphatic carbocycles. The minimum Gasteiger partial charge on any atom is -0.368 e. The predicted molar refractivity (Wildman–Crippen MR) is 107 cm³/mol. The van der Waals surface area contributed by atoms with E-state index in [9.17, 15) is 10.1 Å². The van der Waals surface area contributed by atoms with Crippen molar-refractivity contribution in [1.82, 2.24) is 24.7 Å². The zero-order chi connectivity index (χ0) is 20.2. The largest absolute Gasteiger partial charge is 0.368 e. The summed E-state index contributed by atoms with van der Waals surface area (Å²) in [6.07, 6.45) is 1.39. The molecular formula is C18H15N9O2. The van der Waals surface area contributed by atoms with Crippen molar-refractivity contribution in [2.24, 2.45) is 0 Å². The summed E-state index contributed by atoms with van der Waals surface area (Å²) in [6.45, 7) is 0. The molecule has 0 radical (unpaired) electrons. The van der Waals surface area contributed by atoms with Crippen LogP contribution in [-0.4, -0.2) is 29.7 Å². The van der Waals surface area contributed by atoms with Gasteiger partial charge in [0.2, 0.25) is 11.9 Å². The minimum atomic E-state index is -0.467. The van der Waals surface area contributed by atoms with Gasteiger partial charge in [-0.15, -0.1) is 5.10 Å². The second-order valence-electron chi connectivity index (χ2n) is 5.89. The Morgan fingerprint density at radius 3 is 2.41 bits per heavy atom. The third-order valence-electron chi connectivity index (χ3n) is 3.88. The summed E-state index contributed by atoms with van der Waals surface area (Å²) in [7, 11) is 0. The number of anilines is 5. The summed E-state index contributed by atoms with van der Waals surface area (Å²) in [5.74, 6) is 1.35. The molecule has 0 spiro atoms. The Morgan fingerprint density at radius 1 is 0.966 bits per heavy atom. The molecule has 11 nitrogen and oxygen atoms in total. The first kappa shape index (κ1) is 17.9. The number of nitrogens with zero attached hydrogens (tertiary/aromatic N) is 6. The van der Waals surface area contributed by atoms with Crippen molar-refractivity contribution in [2.45, 2.75) is 0 Å². The highest BCUT2D eigenvalue weighted by molar-refractivity contribution is 5.59. The van der Waals surface area contributed by atoms with Gasteiger partial charge in [0, 0.05) is 29.6 Å². The molecule has 0 bridgehead atoms. The van der Waals surface area contributed by atoms with Crippen molar-refractivity contribution in [2.75, 3.05) is 16.4 Å². The van der Waals surface area contributed by atoms with Crippen LogP contribution in [0.2, 0.25) is 0 Å². The maximum Gasteiger partial charge on any atom is 0.269 e. The molecule has 0 saturated carbocycles. The van der Waals surface area contributed by atoms with E-state index in [2.05, 4.69) is 30.7 Å². The van der Waals surface area contributed by atoms with Crippen molar-refractivity contribution >= 4 is 34.8 Å². The van der Waals surface area contributed by atoms with Gasteiger partial charge in [-0.25, -0.2) is 9.97 Å². The molecule has 0 unspecified atom stereocenters. The summed E-state index contributed by atoms with van der Waals surface area (Å²) < 4.78 is 1.37. The Balaban J connectivity index is 1.54. The predicted octanol–water partition coefficient (Wildman–Crippen LogP) is 3.03. The Kier molecular flexibility index (Phi) is 4.68. The van der Waals surface area contributed by atoms with Gasteiger partial charge in [-0.2, -0.15) is 9.67 Å². The molecule has 4 rings (SSSR count). The lowest BCUT2D eigenvalue weighted by Gasteiger charge is -2.07. The molecule has 0 saturated heterocycles. The molecule has 2 aromatic carbocycles. The zero-order valence-electron chi connectivity index (χ0n) is 14.9. The van der Waals surface area contributed by atoms with E-state index >= 15 is 0 Å². The fourth-order valence-corrected chi connectivity index (χ4v) is 2.54. The fraction of sp³-hybridized carbons (Fsp3) is 0. The van der Waals surface area contributed by atoms with E-state index in [0.29, 0.717) is 17.3 Å². The molecule has 0 fully saturated rings. The Hall–Kier alpha value is -4.54. The number of benzene rings is 2. The maximum absolute atomic E-state index is 10.7. The number of hydrogen-bond acceptors (Lipinski definition) is 9. The first-order valence-corrected chi connectivity index (χ1v) is 8.47. The lowest BCUT2D eigenvalue weighted by molar-refractivity contribution is -0.384. The molecule has 0 aliphatic heterocycles. The molecule has 4 N–H and O–H groups in total. The number of nitro benzene ring substituents is 1. The number of non-ortho nitro benzene ring substituents is 1. The molecule has 29 heavy (non-hydrogen) atoms. The minimum absolute atomic E-state index is 0.00650. The Bertz CT molecular complexity index is 1140. The lowest BCUT2D eigenvalue weighted by atomic mass is 10.3. The summed E-state index contributed by atoms with van der Waals surface area (Å²) in [5, 5.41) is 21.2. The van der Waals surface area contributed by atoms with Gasteiger partial charge < -0.3 is 16.4 Å². The van der Waals surface area contributed by atoms with Gasteiger partial charge in [-0.3, -0.25) is 10.1 Å². The SMILES string of the molecule is Nc1nc(Nc2ccc([N+](=O)[O-])cc2)nn1-c1cc(Nc2ccccc2)ncn1. The molecule has 2 aromatic heterocycles. The molecule has 0 aliphatic rings. The molecule has 0 atom stereocenters. The topological polar surface area (TPSA) is 150 Å². The van der Waals surface area contributed by atoms with Crippen LogP contribution in [0.15, 0.2) is 67.0 Å². The first-order chi connectivity index (χ1) is 14.1. The molecular weight excluding hydrogens is 374 g/mol. The Labute approximate surface area is 164 Å². The number of rotatable bonds is 6. The Morgan fingerprint density at radius 2 is 1.69 bits per heavy atom. The van der Waals surface area contributed by atoms with Crippen molar-refractivity contribution in [1.29, 1.82) is 0 Å². The molecule has 0 amide bonds. The number of hydrogen-bond donors (Lipinski definition) is 3. The smallest absolute Gasteiger partial charge is 0.269 e. The van der Waals surface area contributed by atoms with Crippen molar-refractivity contribution in [3.8, 4) is 5.82 Å². The van der Waals surface area contributed by atoms with Crippen LogP contribution in [0.5, 0.6) is 0 Å². The van der Waals surface area contributed by atoms with E-state index in [1.807, 2.05) is 30.3 Å². The summed E-state index contributed by atoms with van der Waals surface area (Å²) in [4.78, 5) is 22.8. The summed E-state index contributed by atoms with van der Waals surface area (Å²) in [6, 6.07) is 17.1. The molecule has 11 heteroatoms. The number of para-hydroxylation sites is 1. The number of aromatic nitrogens is 5. The number of nitro groups is 1. The standard InChI is InChI=1S/C18H15N9O2/c19-17-24-18(23-13-6-8-14(9-7-13)27(28)29)25-26(17)16-10-15(20-11-21-16)22-12-4-2-1-3-5-12/h1-11H,(H,20,21,22)(H3,19,23,24,25). The van der Waals surface area contributed by atoms with Crippen molar-refractivity contribution in [3.05, 3.63) is 77.1 Å². The number of nitrogens with one attached hydrogen (secondary N) is 2. The van der Waals surface area contributed by atoms with E-state index in [1.165, 1.54) is 23.1 Å². The van der Waals surface area contributed by atoms with E-state index in [4.69, 9.17) is 5.73 Å². The average Bonchev–Trinajstić information content (AvgIpc) is 3.09. The third kappa shape index (κ3) is 4.08. The summed E-state index contributed by atoms with van der Waals surface area (Å²) in [5.41, 5.74) is 7.43. The fourth-order valence-electron chi connectivity index (χ4n) is 2.54. The van der Waals surface area contributed by atoms with Gasteiger partial charge in [0.05, 0.1) is 4.92 Å². The first-order valence-electron chi connectivity index (χ1n) is 8.47. The highest BCUT2D eigenvalue weighted by Crippen LogP contribution is 2.21. The van der Waals surface area contributed by atoms with Gasteiger partial charge in [0.15, 0.2) is 5.82 Å². The molecule has 144 valence electrons. The van der Waals surface area contributed by atoms with Gasteiger partial charge in [-0.1, -0.05) is 18.2 Å². The van der Waals surface area contributed by atoms with Crippen LogP contribution in [0.1, 0.15) is 0 Å². The van der Waals surface area contributed by atoms with Crippen LogP contribution in [0.3, 0.4) is 0 Å². The monoisotopic (exact) mass is 389 g/mol. The maximum atomic E-state index is 10.7. The van der Waals surface area contributed by atoms with Crippen LogP contribution >= 0.6 is 0 Å². The lowest BCUT2D eigenvalue weighted by Crippen LogP contribution is -2.06. The quantitative estimate of drug-likeness (QED) is 0.334. The second-order valence-corrected chi connectivity index (χ2v) is 5.89. The van der Waals surface area contributed by atoms with Crippen LogP contribution in [0.4, 0.5) is 34.8 Å². The van der Waals surface area contributed by atoms with Crippen LogP contribution < -0.4 is 16.4 Å². The molecule has 4 aromatic rings. The summed E-state index contributed by atoms with van der Waals surface area (Å²) >= 11 is 0. The average molecular weight is 389 g/mol. The van der Waals surface area contributed by atoms with Crippen molar-refractivity contribution in [3.63, 3.8) is 0 Å². The second kappa shape index (κ2) is 7.60. The highest BCUT2D eigenvalue weighted by atomic mass is 16.6. The van der Waals surface area contributed by atoms with Gasteiger partial charge in [0.25, 0.3) is 5.69 Å². The van der Waals surface area contributed by atoms with E-state index < -0.39 is 4.92 Å². The van der Waals surface area contributed by atoms with Crippen LogP contribution in [-0.2, 0) is 0 Å². The van der Waals surface area contributed by atoms with Gasteiger partial charge in [-0.05, 0) is 24.3 Å². The van der Waals surface area contributed by atoms with Gasteiger partial charge in [0.1, 0.15) is 12.1 Å². The van der Waals surface area contributed by atoms with E-state index in [0.717, 1.165) is 5.69 Å². The van der Waals surface area contributed by atoms with E-state index in [-0.39, 0.29) is 17.6 Å². The van der Waals surface area contributed by atoms with Crippen LogP contribution in [0, 0.1) is 10.1 Å². The molecule has 2 heterocycles. The van der Waals surface area contributed by atoms with E-state index in [1.54, 1.807) is 18.2 Å². The van der Waals surface area contributed by atoms with Gasteiger partial charge >= 0.3 is 0 Å². The third-order valence-corrected chi connectivity index (χ3v) is 3.88. The normalized spacial score (nSPS) is 10.5. The zero-order valence-corrected chi connectivity index (χ0v) is 14.9. The van der Waals surface area contributed by atoms with Crippen LogP contribution in [0.25, 0.3) is 5.82 Å². The van der Waals surface area contributed by atoms with Crippen molar-refractivity contribution < 1.29 is 4.92 Å². The number of nitrogen functional groups attached to an aromatic ring is 1. The number of nitrogens with two attached hydrogens (primary N) is 1. The highest BCUT2D eigenvalue weighted by Gasteiger charge is 2.12.